The third-order valence-corrected chi connectivity index (χ3v) is 5.73. The van der Waals surface area contributed by atoms with Crippen LogP contribution in [0.15, 0.2) is 48.5 Å². The van der Waals surface area contributed by atoms with Crippen molar-refractivity contribution in [1.29, 1.82) is 0 Å². The lowest BCUT2D eigenvalue weighted by Gasteiger charge is -2.32. The highest BCUT2D eigenvalue weighted by molar-refractivity contribution is 6.62. The normalized spacial score (nSPS) is 23.8. The highest BCUT2D eigenvalue weighted by atomic mass is 16.7. The van der Waals surface area contributed by atoms with E-state index in [1.54, 1.807) is 0 Å². The SMILES string of the molecule is CC1(C)OB(c2ccc3c(c2)OC(c2ccccc2)CC3)OC1(C)C. The van der Waals surface area contributed by atoms with E-state index in [4.69, 9.17) is 14.0 Å². The second kappa shape index (κ2) is 5.89. The van der Waals surface area contributed by atoms with Crippen LogP contribution < -0.4 is 10.2 Å². The molecule has 0 aromatic heterocycles. The van der Waals surface area contributed by atoms with Crippen molar-refractivity contribution in [1.82, 2.24) is 0 Å². The lowest BCUT2D eigenvalue weighted by atomic mass is 9.78. The van der Waals surface area contributed by atoms with Crippen LogP contribution in [0.25, 0.3) is 0 Å². The van der Waals surface area contributed by atoms with Gasteiger partial charge in [-0.15, -0.1) is 0 Å². The Balaban J connectivity index is 1.59. The van der Waals surface area contributed by atoms with Gasteiger partial charge in [0.2, 0.25) is 0 Å². The van der Waals surface area contributed by atoms with E-state index in [-0.39, 0.29) is 24.4 Å². The van der Waals surface area contributed by atoms with Gasteiger partial charge in [0.1, 0.15) is 11.9 Å². The molecular formula is C21H25BO3. The molecule has 0 saturated carbocycles. The van der Waals surface area contributed by atoms with Crippen LogP contribution in [0.3, 0.4) is 0 Å². The first-order valence-electron chi connectivity index (χ1n) is 9.06. The molecule has 3 nitrogen and oxygen atoms in total. The maximum Gasteiger partial charge on any atom is 0.494 e. The molecule has 1 saturated heterocycles. The summed E-state index contributed by atoms with van der Waals surface area (Å²) < 4.78 is 18.7. The van der Waals surface area contributed by atoms with Crippen LogP contribution in [-0.2, 0) is 15.7 Å². The van der Waals surface area contributed by atoms with Gasteiger partial charge in [0.05, 0.1) is 11.2 Å². The molecule has 2 aliphatic heterocycles. The molecule has 0 radical (unpaired) electrons. The van der Waals surface area contributed by atoms with Gasteiger partial charge >= 0.3 is 7.12 Å². The van der Waals surface area contributed by atoms with Crippen LogP contribution in [-0.4, -0.2) is 18.3 Å². The van der Waals surface area contributed by atoms with Gasteiger partial charge in [-0.1, -0.05) is 42.5 Å². The topological polar surface area (TPSA) is 27.7 Å². The van der Waals surface area contributed by atoms with Gasteiger partial charge in [0.25, 0.3) is 0 Å². The van der Waals surface area contributed by atoms with Crippen molar-refractivity contribution >= 4 is 12.6 Å². The number of aryl methyl sites for hydroxylation is 1. The first-order chi connectivity index (χ1) is 11.9. The van der Waals surface area contributed by atoms with Gasteiger partial charge in [-0.2, -0.15) is 0 Å². The Hall–Kier alpha value is -1.78. The molecule has 2 aliphatic rings. The minimum atomic E-state index is -0.351. The van der Waals surface area contributed by atoms with E-state index in [0.29, 0.717) is 0 Å². The fraction of sp³-hybridized carbons (Fsp3) is 0.429. The molecule has 1 fully saturated rings. The van der Waals surface area contributed by atoms with Gasteiger partial charge in [0, 0.05) is 0 Å². The zero-order valence-electron chi connectivity index (χ0n) is 15.4. The molecule has 0 spiro atoms. The quantitative estimate of drug-likeness (QED) is 0.775. The minimum Gasteiger partial charge on any atom is -0.485 e. The van der Waals surface area contributed by atoms with E-state index < -0.39 is 0 Å². The van der Waals surface area contributed by atoms with Crippen molar-refractivity contribution in [3.05, 3.63) is 59.7 Å². The monoisotopic (exact) mass is 336 g/mol. The fourth-order valence-electron chi connectivity index (χ4n) is 3.41. The second-order valence-corrected chi connectivity index (χ2v) is 8.01. The number of benzene rings is 2. The van der Waals surface area contributed by atoms with Crippen LogP contribution in [0.4, 0.5) is 0 Å². The van der Waals surface area contributed by atoms with E-state index in [2.05, 4.69) is 70.2 Å². The molecule has 2 aromatic rings. The fourth-order valence-corrected chi connectivity index (χ4v) is 3.41. The molecule has 2 heterocycles. The summed E-state index contributed by atoms with van der Waals surface area (Å²) in [6, 6.07) is 16.8. The summed E-state index contributed by atoms with van der Waals surface area (Å²) in [5.41, 5.74) is 2.84. The first-order valence-corrected chi connectivity index (χ1v) is 9.06. The smallest absolute Gasteiger partial charge is 0.485 e. The lowest BCUT2D eigenvalue weighted by molar-refractivity contribution is 0.00578. The van der Waals surface area contributed by atoms with Gasteiger partial charge in [-0.25, -0.2) is 0 Å². The van der Waals surface area contributed by atoms with Crippen LogP contribution in [0, 0.1) is 0 Å². The predicted molar refractivity (Wildman–Crippen MR) is 100 cm³/mol. The highest BCUT2D eigenvalue weighted by Gasteiger charge is 2.51. The Morgan fingerprint density at radius 2 is 1.60 bits per heavy atom. The number of rotatable bonds is 2. The molecule has 1 atom stereocenters. The zero-order valence-corrected chi connectivity index (χ0v) is 15.4. The molecule has 0 amide bonds. The van der Waals surface area contributed by atoms with E-state index in [0.717, 1.165) is 24.1 Å². The predicted octanol–water partition coefficient (Wildman–Crippen LogP) is 4.05. The summed E-state index contributed by atoms with van der Waals surface area (Å²) in [6.45, 7) is 8.31. The zero-order chi connectivity index (χ0) is 17.7. The molecule has 0 aliphatic carbocycles. The summed E-state index contributed by atoms with van der Waals surface area (Å²) >= 11 is 0. The Kier molecular flexibility index (Phi) is 3.93. The Labute approximate surface area is 150 Å². The molecule has 25 heavy (non-hydrogen) atoms. The van der Waals surface area contributed by atoms with Crippen molar-refractivity contribution in [3.63, 3.8) is 0 Å². The average molecular weight is 336 g/mol. The number of hydrogen-bond acceptors (Lipinski definition) is 3. The summed E-state index contributed by atoms with van der Waals surface area (Å²) in [5, 5.41) is 0. The van der Waals surface area contributed by atoms with Crippen LogP contribution >= 0.6 is 0 Å². The van der Waals surface area contributed by atoms with Gasteiger partial charge < -0.3 is 14.0 Å². The second-order valence-electron chi connectivity index (χ2n) is 8.01. The molecule has 4 rings (SSSR count). The van der Waals surface area contributed by atoms with Crippen molar-refractivity contribution in [2.24, 2.45) is 0 Å². The molecule has 1 unspecified atom stereocenters. The van der Waals surface area contributed by atoms with Crippen molar-refractivity contribution in [2.75, 3.05) is 0 Å². The maximum absolute atomic E-state index is 6.31. The third kappa shape index (κ3) is 2.98. The van der Waals surface area contributed by atoms with Crippen molar-refractivity contribution in [2.45, 2.75) is 57.8 Å². The van der Waals surface area contributed by atoms with Crippen LogP contribution in [0.1, 0.15) is 51.3 Å². The van der Waals surface area contributed by atoms with Crippen molar-refractivity contribution < 1.29 is 14.0 Å². The molecule has 2 aromatic carbocycles. The third-order valence-electron chi connectivity index (χ3n) is 5.73. The molecule has 4 heteroatoms. The number of ether oxygens (including phenoxy) is 1. The first kappa shape index (κ1) is 16.7. The standard InChI is InChI=1S/C21H25BO3/c1-20(2)21(3,4)25-22(24-20)17-12-10-16-11-13-18(23-19(16)14-17)15-8-6-5-7-9-15/h5-10,12,14,18H,11,13H2,1-4H3. The van der Waals surface area contributed by atoms with Gasteiger partial charge in [-0.3, -0.25) is 0 Å². The molecular weight excluding hydrogens is 311 g/mol. The van der Waals surface area contributed by atoms with Crippen LogP contribution in [0.2, 0.25) is 0 Å². The Morgan fingerprint density at radius 1 is 0.920 bits per heavy atom. The average Bonchev–Trinajstić information content (AvgIpc) is 2.82. The van der Waals surface area contributed by atoms with E-state index in [9.17, 15) is 0 Å². The number of hydrogen-bond donors (Lipinski definition) is 0. The number of fused-ring (bicyclic) bond motifs is 1. The van der Waals surface area contributed by atoms with E-state index in [1.807, 2.05) is 6.07 Å². The lowest BCUT2D eigenvalue weighted by Crippen LogP contribution is -2.41. The molecule has 0 N–H and O–H groups in total. The molecule has 130 valence electrons. The van der Waals surface area contributed by atoms with Gasteiger partial charge in [-0.05, 0) is 63.2 Å². The Bertz CT molecular complexity index is 754. The largest absolute Gasteiger partial charge is 0.494 e. The summed E-state index contributed by atoms with van der Waals surface area (Å²) in [5.74, 6) is 0.951. The minimum absolute atomic E-state index is 0.113. The summed E-state index contributed by atoms with van der Waals surface area (Å²) in [6.07, 6.45) is 2.15. The van der Waals surface area contributed by atoms with Crippen LogP contribution in [0.5, 0.6) is 5.75 Å². The summed E-state index contributed by atoms with van der Waals surface area (Å²) in [4.78, 5) is 0. The van der Waals surface area contributed by atoms with Crippen molar-refractivity contribution in [3.8, 4) is 5.75 Å². The van der Waals surface area contributed by atoms with E-state index >= 15 is 0 Å². The Morgan fingerprint density at radius 3 is 2.28 bits per heavy atom. The van der Waals surface area contributed by atoms with E-state index in [1.165, 1.54) is 11.1 Å². The highest BCUT2D eigenvalue weighted by Crippen LogP contribution is 2.38. The summed E-state index contributed by atoms with van der Waals surface area (Å²) in [7, 11) is -0.351. The maximum atomic E-state index is 6.31. The molecule has 0 bridgehead atoms. The van der Waals surface area contributed by atoms with Gasteiger partial charge in [0.15, 0.2) is 0 Å².